The highest BCUT2D eigenvalue weighted by Gasteiger charge is 2.24. The number of likely N-dealkylation sites (tertiary alicyclic amines) is 1. The van der Waals surface area contributed by atoms with Gasteiger partial charge >= 0.3 is 6.03 Å². The van der Waals surface area contributed by atoms with Crippen LogP contribution in [0.1, 0.15) is 38.7 Å². The van der Waals surface area contributed by atoms with Crippen LogP contribution in [0, 0.1) is 5.92 Å². The number of rotatable bonds is 5. The number of amides is 3. The van der Waals surface area contributed by atoms with Crippen LogP contribution in [0.4, 0.5) is 4.79 Å². The molecule has 2 aliphatic heterocycles. The first-order valence-corrected chi connectivity index (χ1v) is 9.22. The molecule has 3 rings (SSSR count). The van der Waals surface area contributed by atoms with Gasteiger partial charge in [-0.3, -0.25) is 4.79 Å². The summed E-state index contributed by atoms with van der Waals surface area (Å²) in [5.74, 6) is 2.03. The largest absolute Gasteiger partial charge is 0.454 e. The lowest BCUT2D eigenvalue weighted by molar-refractivity contribution is -0.133. The van der Waals surface area contributed by atoms with E-state index in [1.165, 1.54) is 0 Å². The molecule has 0 aliphatic carbocycles. The van der Waals surface area contributed by atoms with Crippen LogP contribution in [-0.4, -0.2) is 42.8 Å². The molecule has 7 heteroatoms. The summed E-state index contributed by atoms with van der Waals surface area (Å²) >= 11 is 0. The van der Waals surface area contributed by atoms with Crippen molar-refractivity contribution >= 4 is 11.9 Å². The second-order valence-corrected chi connectivity index (χ2v) is 7.27. The number of hydrogen-bond acceptors (Lipinski definition) is 4. The van der Waals surface area contributed by atoms with Crippen molar-refractivity contribution in [3.8, 4) is 11.5 Å². The number of carbonyl (C=O) groups excluding carboxylic acids is 2. The standard InChI is InChI=1S/C19H27N3O4/c1-13(2)9-18(23)22-7-5-15(6-8-22)21-19(24)20-11-14-3-4-16-17(10-14)26-12-25-16/h3-4,10,13,15H,5-9,11-12H2,1-2H3,(H2,20,21,24). The van der Waals surface area contributed by atoms with Gasteiger partial charge < -0.3 is 25.0 Å². The van der Waals surface area contributed by atoms with E-state index < -0.39 is 0 Å². The second-order valence-electron chi connectivity index (χ2n) is 7.27. The number of nitrogens with zero attached hydrogens (tertiary/aromatic N) is 1. The first-order chi connectivity index (χ1) is 12.5. The Bertz CT molecular complexity index is 654. The summed E-state index contributed by atoms with van der Waals surface area (Å²) < 4.78 is 10.6. The summed E-state index contributed by atoms with van der Waals surface area (Å²) in [5.41, 5.74) is 0.957. The molecule has 26 heavy (non-hydrogen) atoms. The highest BCUT2D eigenvalue weighted by molar-refractivity contribution is 5.76. The van der Waals surface area contributed by atoms with Crippen LogP contribution in [0.5, 0.6) is 11.5 Å². The molecule has 0 radical (unpaired) electrons. The maximum Gasteiger partial charge on any atom is 0.315 e. The molecule has 1 fully saturated rings. The Balaban J connectivity index is 1.38. The van der Waals surface area contributed by atoms with Crippen molar-refractivity contribution in [2.24, 2.45) is 5.92 Å². The lowest BCUT2D eigenvalue weighted by Crippen LogP contribution is -2.49. The van der Waals surface area contributed by atoms with Gasteiger partial charge in [-0.1, -0.05) is 19.9 Å². The van der Waals surface area contributed by atoms with Gasteiger partial charge in [0.2, 0.25) is 12.7 Å². The highest BCUT2D eigenvalue weighted by Crippen LogP contribution is 2.32. The number of piperidine rings is 1. The Morgan fingerprint density at radius 3 is 2.65 bits per heavy atom. The molecule has 0 spiro atoms. The minimum absolute atomic E-state index is 0.106. The monoisotopic (exact) mass is 361 g/mol. The third-order valence-electron chi connectivity index (χ3n) is 4.66. The molecular formula is C19H27N3O4. The first kappa shape index (κ1) is 18.4. The van der Waals surface area contributed by atoms with Crippen LogP contribution in [0.25, 0.3) is 0 Å². The quantitative estimate of drug-likeness (QED) is 0.843. The van der Waals surface area contributed by atoms with Gasteiger partial charge in [0, 0.05) is 32.1 Å². The summed E-state index contributed by atoms with van der Waals surface area (Å²) in [7, 11) is 0. The van der Waals surface area contributed by atoms with Crippen molar-refractivity contribution in [1.82, 2.24) is 15.5 Å². The van der Waals surface area contributed by atoms with Crippen molar-refractivity contribution in [2.75, 3.05) is 19.9 Å². The van der Waals surface area contributed by atoms with Crippen LogP contribution in [0.2, 0.25) is 0 Å². The Kier molecular flexibility index (Phi) is 5.85. The zero-order valence-corrected chi connectivity index (χ0v) is 15.4. The van der Waals surface area contributed by atoms with E-state index in [2.05, 4.69) is 24.5 Å². The van der Waals surface area contributed by atoms with E-state index in [9.17, 15) is 9.59 Å². The molecule has 0 aromatic heterocycles. The molecule has 1 saturated heterocycles. The molecule has 1 aromatic rings. The average molecular weight is 361 g/mol. The smallest absolute Gasteiger partial charge is 0.315 e. The number of ether oxygens (including phenoxy) is 2. The van der Waals surface area contributed by atoms with Crippen LogP contribution in [-0.2, 0) is 11.3 Å². The third-order valence-corrected chi connectivity index (χ3v) is 4.66. The number of fused-ring (bicyclic) bond motifs is 1. The van der Waals surface area contributed by atoms with Gasteiger partial charge in [-0.2, -0.15) is 0 Å². The van der Waals surface area contributed by atoms with Crippen molar-refractivity contribution in [2.45, 2.75) is 45.7 Å². The van der Waals surface area contributed by atoms with Crippen molar-refractivity contribution in [1.29, 1.82) is 0 Å². The molecule has 3 amide bonds. The Labute approximate surface area is 154 Å². The zero-order valence-electron chi connectivity index (χ0n) is 15.4. The summed E-state index contributed by atoms with van der Waals surface area (Å²) in [6, 6.07) is 5.55. The predicted octanol–water partition coefficient (Wildman–Crippen LogP) is 2.25. The summed E-state index contributed by atoms with van der Waals surface area (Å²) in [6.07, 6.45) is 2.18. The predicted molar refractivity (Wildman–Crippen MR) is 97.0 cm³/mol. The summed E-state index contributed by atoms with van der Waals surface area (Å²) in [5, 5.41) is 5.87. The number of carbonyl (C=O) groups is 2. The average Bonchev–Trinajstić information content (AvgIpc) is 3.07. The molecule has 2 heterocycles. The molecule has 1 aromatic carbocycles. The van der Waals surface area contributed by atoms with Crippen molar-refractivity contribution in [3.63, 3.8) is 0 Å². The van der Waals surface area contributed by atoms with Gasteiger partial charge in [0.25, 0.3) is 0 Å². The minimum atomic E-state index is -0.186. The maximum atomic E-state index is 12.1. The van der Waals surface area contributed by atoms with Crippen LogP contribution < -0.4 is 20.1 Å². The van der Waals surface area contributed by atoms with Crippen molar-refractivity contribution < 1.29 is 19.1 Å². The van der Waals surface area contributed by atoms with E-state index in [1.54, 1.807) is 0 Å². The van der Waals surface area contributed by atoms with E-state index in [0.717, 1.165) is 24.2 Å². The van der Waals surface area contributed by atoms with Gasteiger partial charge in [0.05, 0.1) is 0 Å². The first-order valence-electron chi connectivity index (χ1n) is 9.22. The molecule has 2 N–H and O–H groups in total. The molecule has 0 unspecified atom stereocenters. The van der Waals surface area contributed by atoms with Gasteiger partial charge in [-0.25, -0.2) is 4.79 Å². The molecule has 7 nitrogen and oxygen atoms in total. The van der Waals surface area contributed by atoms with E-state index in [0.29, 0.717) is 37.7 Å². The molecule has 142 valence electrons. The molecular weight excluding hydrogens is 334 g/mol. The van der Waals surface area contributed by atoms with Gasteiger partial charge in [0.1, 0.15) is 0 Å². The Morgan fingerprint density at radius 2 is 1.92 bits per heavy atom. The van der Waals surface area contributed by atoms with Crippen LogP contribution in [0.15, 0.2) is 18.2 Å². The highest BCUT2D eigenvalue weighted by atomic mass is 16.7. The van der Waals surface area contributed by atoms with E-state index in [-0.39, 0.29) is 24.8 Å². The summed E-state index contributed by atoms with van der Waals surface area (Å²) in [6.45, 7) is 6.18. The fourth-order valence-electron chi connectivity index (χ4n) is 3.22. The number of hydrogen-bond donors (Lipinski definition) is 2. The maximum absolute atomic E-state index is 12.1. The van der Waals surface area contributed by atoms with Crippen molar-refractivity contribution in [3.05, 3.63) is 23.8 Å². The minimum Gasteiger partial charge on any atom is -0.454 e. The molecule has 0 bridgehead atoms. The molecule has 0 atom stereocenters. The number of benzene rings is 1. The normalized spacial score (nSPS) is 16.7. The van der Waals surface area contributed by atoms with E-state index >= 15 is 0 Å². The van der Waals surface area contributed by atoms with Gasteiger partial charge in [-0.15, -0.1) is 0 Å². The van der Waals surface area contributed by atoms with Crippen LogP contribution >= 0.6 is 0 Å². The summed E-state index contributed by atoms with van der Waals surface area (Å²) in [4.78, 5) is 26.1. The lowest BCUT2D eigenvalue weighted by atomic mass is 10.0. The van der Waals surface area contributed by atoms with E-state index in [4.69, 9.17) is 9.47 Å². The lowest BCUT2D eigenvalue weighted by Gasteiger charge is -2.32. The zero-order chi connectivity index (χ0) is 18.5. The number of nitrogens with one attached hydrogen (secondary N) is 2. The fourth-order valence-corrected chi connectivity index (χ4v) is 3.22. The number of urea groups is 1. The second kappa shape index (κ2) is 8.29. The van der Waals surface area contributed by atoms with Gasteiger partial charge in [0.15, 0.2) is 11.5 Å². The fraction of sp³-hybridized carbons (Fsp3) is 0.579. The molecule has 2 aliphatic rings. The van der Waals surface area contributed by atoms with E-state index in [1.807, 2.05) is 23.1 Å². The SMILES string of the molecule is CC(C)CC(=O)N1CCC(NC(=O)NCc2ccc3c(c2)OCO3)CC1. The molecule has 0 saturated carbocycles. The topological polar surface area (TPSA) is 79.9 Å². The third kappa shape index (κ3) is 4.80. The van der Waals surface area contributed by atoms with Gasteiger partial charge in [-0.05, 0) is 36.5 Å². The Morgan fingerprint density at radius 1 is 1.19 bits per heavy atom. The van der Waals surface area contributed by atoms with Crippen LogP contribution in [0.3, 0.4) is 0 Å². The Hall–Kier alpha value is -2.44.